The van der Waals surface area contributed by atoms with Crippen molar-refractivity contribution in [1.29, 1.82) is 0 Å². The van der Waals surface area contributed by atoms with Crippen molar-refractivity contribution in [2.45, 2.75) is 19.1 Å². The van der Waals surface area contributed by atoms with Crippen molar-refractivity contribution in [2.75, 3.05) is 13.1 Å². The third-order valence-electron chi connectivity index (χ3n) is 2.89. The number of nitrogens with one attached hydrogen (secondary N) is 1. The Balaban J connectivity index is 1.85. The summed E-state index contributed by atoms with van der Waals surface area (Å²) in [6, 6.07) is 8.93. The molecule has 1 aliphatic heterocycles. The second-order valence-electron chi connectivity index (χ2n) is 4.47. The maximum absolute atomic E-state index is 11.8. The summed E-state index contributed by atoms with van der Waals surface area (Å²) in [5, 5.41) is 9.30. The van der Waals surface area contributed by atoms with E-state index in [0.717, 1.165) is 9.87 Å². The van der Waals surface area contributed by atoms with Crippen LogP contribution in [-0.4, -0.2) is 43.1 Å². The molecular formula is C12H16N2O5S. The summed E-state index contributed by atoms with van der Waals surface area (Å²) in [5.41, 5.74) is 0.761. The molecule has 1 amide bonds. The lowest BCUT2D eigenvalue weighted by Gasteiger charge is -2.16. The van der Waals surface area contributed by atoms with Gasteiger partial charge in [-0.3, -0.25) is 0 Å². The van der Waals surface area contributed by atoms with Gasteiger partial charge in [0.2, 0.25) is 0 Å². The molecular weight excluding hydrogens is 284 g/mol. The van der Waals surface area contributed by atoms with Crippen LogP contribution in [0.4, 0.5) is 4.79 Å². The molecule has 0 bridgehead atoms. The van der Waals surface area contributed by atoms with Crippen LogP contribution in [0.3, 0.4) is 0 Å². The minimum Gasteiger partial charge on any atom is -0.444 e. The molecule has 2 N–H and O–H groups in total. The molecule has 1 aromatic rings. The van der Waals surface area contributed by atoms with Crippen LogP contribution in [0.2, 0.25) is 0 Å². The zero-order chi connectivity index (χ0) is 14.6. The van der Waals surface area contributed by atoms with Gasteiger partial charge in [-0.15, -0.1) is 0 Å². The average Bonchev–Trinajstić information content (AvgIpc) is 2.85. The normalized spacial score (nSPS) is 19.8. The maximum atomic E-state index is 11.8. The molecule has 1 aliphatic rings. The minimum atomic E-state index is -3.95. The quantitative estimate of drug-likeness (QED) is 0.829. The number of carbonyl (C=O) groups excluding carboxylic acids is 1. The number of hydrogen-bond donors (Lipinski definition) is 2. The SMILES string of the molecule is O=C(NS(=O)(=O)N1CCC(O)C1)OCc1ccccc1. The third kappa shape index (κ3) is 3.92. The number of nitrogens with zero attached hydrogens (tertiary/aromatic N) is 1. The molecule has 1 heterocycles. The van der Waals surface area contributed by atoms with Gasteiger partial charge in [0.05, 0.1) is 6.10 Å². The fourth-order valence-corrected chi connectivity index (χ4v) is 2.96. The van der Waals surface area contributed by atoms with E-state index < -0.39 is 22.4 Å². The summed E-state index contributed by atoms with van der Waals surface area (Å²) < 4.78 is 31.3. The molecule has 110 valence electrons. The van der Waals surface area contributed by atoms with Crippen molar-refractivity contribution in [3.8, 4) is 0 Å². The van der Waals surface area contributed by atoms with E-state index in [1.54, 1.807) is 24.3 Å². The number of amides is 1. The van der Waals surface area contributed by atoms with Crippen LogP contribution in [0.15, 0.2) is 30.3 Å². The Morgan fingerprint density at radius 1 is 1.40 bits per heavy atom. The first-order chi connectivity index (χ1) is 9.47. The molecule has 0 spiro atoms. The Bertz CT molecular complexity index is 560. The smallest absolute Gasteiger partial charge is 0.422 e. The molecule has 20 heavy (non-hydrogen) atoms. The molecule has 0 saturated carbocycles. The molecule has 0 aliphatic carbocycles. The molecule has 2 rings (SSSR count). The van der Waals surface area contributed by atoms with Gasteiger partial charge < -0.3 is 9.84 Å². The molecule has 1 unspecified atom stereocenters. The first-order valence-corrected chi connectivity index (χ1v) is 7.58. The summed E-state index contributed by atoms with van der Waals surface area (Å²) in [6.45, 7) is 0.161. The first kappa shape index (κ1) is 14.8. The zero-order valence-corrected chi connectivity index (χ0v) is 11.5. The largest absolute Gasteiger partial charge is 0.444 e. The van der Waals surface area contributed by atoms with Crippen molar-refractivity contribution < 1.29 is 23.1 Å². The van der Waals surface area contributed by atoms with Crippen molar-refractivity contribution in [3.63, 3.8) is 0 Å². The topological polar surface area (TPSA) is 95.9 Å². The number of rotatable bonds is 4. The molecule has 1 atom stereocenters. The number of ether oxygens (including phenoxy) is 1. The van der Waals surface area contributed by atoms with Crippen molar-refractivity contribution in [2.24, 2.45) is 0 Å². The third-order valence-corrected chi connectivity index (χ3v) is 4.33. The van der Waals surface area contributed by atoms with Crippen LogP contribution in [0, 0.1) is 0 Å². The summed E-state index contributed by atoms with van der Waals surface area (Å²) in [4.78, 5) is 11.5. The van der Waals surface area contributed by atoms with Gasteiger partial charge >= 0.3 is 16.3 Å². The maximum Gasteiger partial charge on any atom is 0.422 e. The first-order valence-electron chi connectivity index (χ1n) is 6.14. The van der Waals surface area contributed by atoms with Crippen LogP contribution in [-0.2, 0) is 21.6 Å². The van der Waals surface area contributed by atoms with E-state index in [1.165, 1.54) is 0 Å². The van der Waals surface area contributed by atoms with E-state index in [2.05, 4.69) is 0 Å². The van der Waals surface area contributed by atoms with Crippen LogP contribution in [0.5, 0.6) is 0 Å². The second kappa shape index (κ2) is 6.21. The fraction of sp³-hybridized carbons (Fsp3) is 0.417. The molecule has 1 saturated heterocycles. The van der Waals surface area contributed by atoms with Gasteiger partial charge in [0.1, 0.15) is 6.61 Å². The number of aliphatic hydroxyl groups is 1. The van der Waals surface area contributed by atoms with Crippen LogP contribution < -0.4 is 4.72 Å². The zero-order valence-electron chi connectivity index (χ0n) is 10.7. The molecule has 8 heteroatoms. The van der Waals surface area contributed by atoms with E-state index in [-0.39, 0.29) is 19.7 Å². The average molecular weight is 300 g/mol. The van der Waals surface area contributed by atoms with Gasteiger partial charge in [-0.05, 0) is 12.0 Å². The van der Waals surface area contributed by atoms with Crippen LogP contribution >= 0.6 is 0 Å². The fourth-order valence-electron chi connectivity index (χ4n) is 1.85. The number of hydrogen-bond acceptors (Lipinski definition) is 5. The Hall–Kier alpha value is -1.64. The monoisotopic (exact) mass is 300 g/mol. The standard InChI is InChI=1S/C12H16N2O5S/c15-11-6-7-14(8-11)20(17,18)13-12(16)19-9-10-4-2-1-3-5-10/h1-5,11,15H,6-9H2,(H,13,16). The summed E-state index contributed by atoms with van der Waals surface area (Å²) in [5.74, 6) is 0. The lowest BCUT2D eigenvalue weighted by molar-refractivity contribution is 0.145. The van der Waals surface area contributed by atoms with Crippen molar-refractivity contribution in [3.05, 3.63) is 35.9 Å². The number of benzene rings is 1. The molecule has 1 aromatic carbocycles. The highest BCUT2D eigenvalue weighted by Gasteiger charge is 2.31. The highest BCUT2D eigenvalue weighted by atomic mass is 32.2. The summed E-state index contributed by atoms with van der Waals surface area (Å²) in [6.07, 6.45) is -1.36. The predicted molar refractivity (Wildman–Crippen MR) is 70.9 cm³/mol. The lowest BCUT2D eigenvalue weighted by Crippen LogP contribution is -2.42. The Kier molecular flexibility index (Phi) is 4.58. The Morgan fingerprint density at radius 3 is 2.70 bits per heavy atom. The lowest BCUT2D eigenvalue weighted by atomic mass is 10.2. The summed E-state index contributed by atoms with van der Waals surface area (Å²) >= 11 is 0. The van der Waals surface area contributed by atoms with E-state index >= 15 is 0 Å². The van der Waals surface area contributed by atoms with Crippen molar-refractivity contribution >= 4 is 16.3 Å². The van der Waals surface area contributed by atoms with Crippen LogP contribution in [0.25, 0.3) is 0 Å². The Labute approximate surface area is 117 Å². The molecule has 1 fully saturated rings. The van der Waals surface area contributed by atoms with E-state index in [1.807, 2.05) is 10.8 Å². The number of β-amino-alcohol motifs (C(OH)–C–C–N with tert-alkyl or cyclic N) is 1. The number of aliphatic hydroxyl groups excluding tert-OH is 1. The van der Waals surface area contributed by atoms with Gasteiger partial charge in [0.25, 0.3) is 0 Å². The van der Waals surface area contributed by atoms with E-state index in [4.69, 9.17) is 4.74 Å². The van der Waals surface area contributed by atoms with Gasteiger partial charge in [0, 0.05) is 13.1 Å². The van der Waals surface area contributed by atoms with Gasteiger partial charge in [-0.25, -0.2) is 9.52 Å². The molecule has 7 nitrogen and oxygen atoms in total. The minimum absolute atomic E-state index is 0.00911. The highest BCUT2D eigenvalue weighted by Crippen LogP contribution is 2.12. The summed E-state index contributed by atoms with van der Waals surface area (Å²) in [7, 11) is -3.95. The van der Waals surface area contributed by atoms with Crippen LogP contribution in [0.1, 0.15) is 12.0 Å². The second-order valence-corrected chi connectivity index (χ2v) is 6.14. The Morgan fingerprint density at radius 2 is 2.10 bits per heavy atom. The van der Waals surface area contributed by atoms with E-state index in [9.17, 15) is 18.3 Å². The number of carbonyl (C=O) groups is 1. The van der Waals surface area contributed by atoms with Crippen molar-refractivity contribution in [1.82, 2.24) is 9.03 Å². The van der Waals surface area contributed by atoms with Gasteiger partial charge in [-0.1, -0.05) is 30.3 Å². The molecule has 0 radical (unpaired) electrons. The highest BCUT2D eigenvalue weighted by molar-refractivity contribution is 7.87. The van der Waals surface area contributed by atoms with E-state index in [0.29, 0.717) is 6.42 Å². The van der Waals surface area contributed by atoms with Gasteiger partial charge in [0.15, 0.2) is 0 Å². The predicted octanol–water partition coefficient (Wildman–Crippen LogP) is 0.224. The van der Waals surface area contributed by atoms with Gasteiger partial charge in [-0.2, -0.15) is 12.7 Å². The molecule has 0 aromatic heterocycles.